The summed E-state index contributed by atoms with van der Waals surface area (Å²) in [6.07, 6.45) is 0. The third-order valence-electron chi connectivity index (χ3n) is 3.01. The number of nitrogens with two attached hydrogens (primary N) is 1. The molecule has 1 atom stereocenters. The summed E-state index contributed by atoms with van der Waals surface area (Å²) in [4.78, 5) is 23.8. The summed E-state index contributed by atoms with van der Waals surface area (Å²) in [5.74, 6) is 5.33. The molecule has 2 rings (SSSR count). The Kier molecular flexibility index (Phi) is 4.09. The van der Waals surface area contributed by atoms with Crippen LogP contribution < -0.4 is 26.1 Å². The van der Waals surface area contributed by atoms with Crippen LogP contribution in [0.4, 0.5) is 0 Å². The fourth-order valence-corrected chi connectivity index (χ4v) is 1.89. The zero-order valence-corrected chi connectivity index (χ0v) is 11.3. The molecule has 7 heteroatoms. The summed E-state index contributed by atoms with van der Waals surface area (Å²) < 4.78 is 10.4. The third-order valence-corrected chi connectivity index (χ3v) is 3.01. The van der Waals surface area contributed by atoms with Gasteiger partial charge in [0, 0.05) is 5.56 Å². The lowest BCUT2D eigenvalue weighted by molar-refractivity contribution is -0.124. The number of fused-ring (bicyclic) bond motifs is 1. The van der Waals surface area contributed by atoms with E-state index in [-0.39, 0.29) is 18.6 Å². The average molecular weight is 279 g/mol. The molecule has 1 aromatic rings. The Morgan fingerprint density at radius 1 is 1.25 bits per heavy atom. The zero-order valence-electron chi connectivity index (χ0n) is 11.3. The number of hydrazine groups is 1. The third kappa shape index (κ3) is 2.83. The molecule has 0 bridgehead atoms. The molecule has 0 radical (unpaired) electrons. The highest BCUT2D eigenvalue weighted by molar-refractivity contribution is 5.98. The van der Waals surface area contributed by atoms with Gasteiger partial charge in [-0.2, -0.15) is 0 Å². The van der Waals surface area contributed by atoms with Crippen molar-refractivity contribution in [3.63, 3.8) is 0 Å². The number of hydrogen-bond donors (Lipinski definition) is 3. The second-order valence-electron chi connectivity index (χ2n) is 4.77. The fourth-order valence-electron chi connectivity index (χ4n) is 1.89. The van der Waals surface area contributed by atoms with E-state index in [1.165, 1.54) is 0 Å². The highest BCUT2D eigenvalue weighted by Crippen LogP contribution is 2.32. The highest BCUT2D eigenvalue weighted by atomic mass is 16.7. The van der Waals surface area contributed by atoms with E-state index in [4.69, 9.17) is 15.3 Å². The van der Waals surface area contributed by atoms with Crippen LogP contribution in [0.2, 0.25) is 0 Å². The van der Waals surface area contributed by atoms with Gasteiger partial charge in [0.1, 0.15) is 6.04 Å². The smallest absolute Gasteiger partial charge is 0.256 e. The van der Waals surface area contributed by atoms with E-state index < -0.39 is 11.9 Å². The van der Waals surface area contributed by atoms with Crippen molar-refractivity contribution in [2.45, 2.75) is 19.9 Å². The van der Waals surface area contributed by atoms with Crippen LogP contribution in [0.25, 0.3) is 0 Å². The van der Waals surface area contributed by atoms with Crippen molar-refractivity contribution >= 4 is 11.8 Å². The average Bonchev–Trinajstić information content (AvgIpc) is 2.90. The topological polar surface area (TPSA) is 103 Å². The summed E-state index contributed by atoms with van der Waals surface area (Å²) in [6, 6.07) is 4.15. The molecule has 1 aromatic carbocycles. The Morgan fingerprint density at radius 2 is 1.95 bits per heavy atom. The number of ether oxygens (including phenoxy) is 2. The first-order valence-electron chi connectivity index (χ1n) is 6.24. The van der Waals surface area contributed by atoms with Gasteiger partial charge in [0.15, 0.2) is 11.5 Å². The largest absolute Gasteiger partial charge is 0.454 e. The minimum absolute atomic E-state index is 0.0866. The predicted molar refractivity (Wildman–Crippen MR) is 71.0 cm³/mol. The quantitative estimate of drug-likeness (QED) is 0.414. The number of benzene rings is 1. The van der Waals surface area contributed by atoms with Crippen molar-refractivity contribution in [2.24, 2.45) is 11.8 Å². The first-order valence-corrected chi connectivity index (χ1v) is 6.24. The Balaban J connectivity index is 2.12. The van der Waals surface area contributed by atoms with Crippen molar-refractivity contribution < 1.29 is 19.1 Å². The summed E-state index contributed by atoms with van der Waals surface area (Å²) in [5, 5.41) is 2.65. The normalized spacial score (nSPS) is 14.0. The van der Waals surface area contributed by atoms with E-state index in [0.717, 1.165) is 0 Å². The maximum absolute atomic E-state index is 12.2. The van der Waals surface area contributed by atoms with Crippen molar-refractivity contribution in [2.75, 3.05) is 6.79 Å². The van der Waals surface area contributed by atoms with Gasteiger partial charge >= 0.3 is 0 Å². The first-order chi connectivity index (χ1) is 9.52. The van der Waals surface area contributed by atoms with Crippen molar-refractivity contribution in [3.05, 3.63) is 23.8 Å². The molecule has 1 aliphatic rings. The van der Waals surface area contributed by atoms with Crippen LogP contribution in [0.5, 0.6) is 11.5 Å². The molecular weight excluding hydrogens is 262 g/mol. The Hall–Kier alpha value is -2.28. The van der Waals surface area contributed by atoms with Gasteiger partial charge in [-0.05, 0) is 24.1 Å². The molecule has 0 spiro atoms. The highest BCUT2D eigenvalue weighted by Gasteiger charge is 2.25. The molecule has 108 valence electrons. The molecular formula is C13H17N3O4. The number of nitrogens with one attached hydrogen (secondary N) is 2. The number of amides is 2. The number of carbonyl (C=O) groups excluding carboxylic acids is 2. The zero-order chi connectivity index (χ0) is 14.7. The van der Waals surface area contributed by atoms with E-state index in [0.29, 0.717) is 17.1 Å². The van der Waals surface area contributed by atoms with Crippen molar-refractivity contribution in [1.29, 1.82) is 0 Å². The van der Waals surface area contributed by atoms with Gasteiger partial charge in [0.05, 0.1) is 0 Å². The SMILES string of the molecule is CC(C)[C@H](NC(=O)c1ccc2c(c1)OCO2)C(=O)NN. The van der Waals surface area contributed by atoms with Gasteiger partial charge in [-0.3, -0.25) is 15.0 Å². The number of rotatable bonds is 4. The van der Waals surface area contributed by atoms with Gasteiger partial charge in [0.2, 0.25) is 6.79 Å². The predicted octanol–water partition coefficient (Wildman–Crippen LogP) is 0.160. The Labute approximate surface area is 116 Å². The molecule has 0 fully saturated rings. The molecule has 0 aliphatic carbocycles. The summed E-state index contributed by atoms with van der Waals surface area (Å²) in [5.41, 5.74) is 2.44. The van der Waals surface area contributed by atoms with Crippen molar-refractivity contribution in [1.82, 2.24) is 10.7 Å². The van der Waals surface area contributed by atoms with E-state index in [1.54, 1.807) is 18.2 Å². The van der Waals surface area contributed by atoms with Crippen LogP contribution in [0.1, 0.15) is 24.2 Å². The molecule has 4 N–H and O–H groups in total. The van der Waals surface area contributed by atoms with Gasteiger partial charge < -0.3 is 14.8 Å². The maximum Gasteiger partial charge on any atom is 0.256 e. The summed E-state index contributed by atoms with van der Waals surface area (Å²) in [7, 11) is 0. The monoisotopic (exact) mass is 279 g/mol. The molecule has 2 amide bonds. The molecule has 0 saturated heterocycles. The molecule has 7 nitrogen and oxygen atoms in total. The van der Waals surface area contributed by atoms with E-state index in [1.807, 2.05) is 19.3 Å². The second-order valence-corrected chi connectivity index (χ2v) is 4.77. The van der Waals surface area contributed by atoms with Gasteiger partial charge in [-0.25, -0.2) is 5.84 Å². The lowest BCUT2D eigenvalue weighted by Crippen LogP contribution is -2.51. The standard InChI is InChI=1S/C13H17N3O4/c1-7(2)11(13(18)16-14)15-12(17)8-3-4-9-10(5-8)20-6-19-9/h3-5,7,11H,6,14H2,1-2H3,(H,15,17)(H,16,18)/t11-/m0/s1. The molecule has 20 heavy (non-hydrogen) atoms. The summed E-state index contributed by atoms with van der Waals surface area (Å²) in [6.45, 7) is 3.78. The minimum atomic E-state index is -0.696. The molecule has 1 aliphatic heterocycles. The fraction of sp³-hybridized carbons (Fsp3) is 0.385. The number of hydrogen-bond acceptors (Lipinski definition) is 5. The van der Waals surface area contributed by atoms with Crippen LogP contribution in [0.3, 0.4) is 0 Å². The second kappa shape index (κ2) is 5.79. The Bertz CT molecular complexity index is 530. The minimum Gasteiger partial charge on any atom is -0.454 e. The van der Waals surface area contributed by atoms with Crippen LogP contribution in [0, 0.1) is 5.92 Å². The maximum atomic E-state index is 12.2. The molecule has 0 saturated carbocycles. The lowest BCUT2D eigenvalue weighted by atomic mass is 10.0. The van der Waals surface area contributed by atoms with E-state index in [2.05, 4.69) is 5.32 Å². The van der Waals surface area contributed by atoms with Crippen LogP contribution in [0.15, 0.2) is 18.2 Å². The molecule has 1 heterocycles. The van der Waals surface area contributed by atoms with Gasteiger partial charge in [-0.1, -0.05) is 13.8 Å². The Morgan fingerprint density at radius 3 is 2.60 bits per heavy atom. The van der Waals surface area contributed by atoms with Crippen LogP contribution >= 0.6 is 0 Å². The van der Waals surface area contributed by atoms with Crippen LogP contribution in [-0.2, 0) is 4.79 Å². The van der Waals surface area contributed by atoms with E-state index >= 15 is 0 Å². The first kappa shape index (κ1) is 14.1. The van der Waals surface area contributed by atoms with Gasteiger partial charge in [0.25, 0.3) is 11.8 Å². The summed E-state index contributed by atoms with van der Waals surface area (Å²) >= 11 is 0. The lowest BCUT2D eigenvalue weighted by Gasteiger charge is -2.20. The van der Waals surface area contributed by atoms with Crippen molar-refractivity contribution in [3.8, 4) is 11.5 Å². The molecule has 0 aromatic heterocycles. The van der Waals surface area contributed by atoms with Crippen LogP contribution in [-0.4, -0.2) is 24.6 Å². The molecule has 0 unspecified atom stereocenters. The van der Waals surface area contributed by atoms with Gasteiger partial charge in [-0.15, -0.1) is 0 Å². The number of carbonyl (C=O) groups is 2. The van der Waals surface area contributed by atoms with E-state index in [9.17, 15) is 9.59 Å².